The molecule has 0 radical (unpaired) electrons. The van der Waals surface area contributed by atoms with Crippen molar-refractivity contribution in [3.8, 4) is 0 Å². The molecule has 1 rings (SSSR count). The number of hydrogen-bond acceptors (Lipinski definition) is 1. The van der Waals surface area contributed by atoms with Crippen molar-refractivity contribution in [2.24, 2.45) is 0 Å². The zero-order valence-corrected chi connectivity index (χ0v) is 9.44. The maximum absolute atomic E-state index is 13.3. The summed E-state index contributed by atoms with van der Waals surface area (Å²) >= 11 is 5.58. The highest BCUT2D eigenvalue weighted by molar-refractivity contribution is 6.30. The molecule has 0 aliphatic heterocycles. The van der Waals surface area contributed by atoms with Crippen LogP contribution in [-0.2, 0) is 0 Å². The van der Waals surface area contributed by atoms with E-state index in [2.05, 4.69) is 5.32 Å². The molecule has 0 aromatic heterocycles. The molecule has 0 heterocycles. The summed E-state index contributed by atoms with van der Waals surface area (Å²) in [5.74, 6) is -0.998. The lowest BCUT2D eigenvalue weighted by Crippen LogP contribution is -2.32. The second-order valence-electron chi connectivity index (χ2n) is 3.41. The van der Waals surface area contributed by atoms with E-state index in [1.807, 2.05) is 13.8 Å². The van der Waals surface area contributed by atoms with Crippen molar-refractivity contribution >= 4 is 17.5 Å². The molecule has 0 fully saturated rings. The Morgan fingerprint density at radius 3 is 2.80 bits per heavy atom. The number of carbonyl (C=O) groups excluding carboxylic acids is 1. The van der Waals surface area contributed by atoms with Crippen LogP contribution in [0.15, 0.2) is 18.2 Å². The molecule has 15 heavy (non-hydrogen) atoms. The van der Waals surface area contributed by atoms with E-state index in [0.29, 0.717) is 0 Å². The average Bonchev–Trinajstić information content (AvgIpc) is 2.17. The van der Waals surface area contributed by atoms with E-state index < -0.39 is 11.7 Å². The maximum Gasteiger partial charge on any atom is 0.254 e. The molecule has 2 nitrogen and oxygen atoms in total. The molecular formula is C11H13ClFNO. The van der Waals surface area contributed by atoms with E-state index in [1.165, 1.54) is 12.1 Å². The number of hydrogen-bond donors (Lipinski definition) is 1. The predicted molar refractivity (Wildman–Crippen MR) is 58.6 cm³/mol. The zero-order chi connectivity index (χ0) is 11.4. The van der Waals surface area contributed by atoms with E-state index in [0.717, 1.165) is 12.5 Å². The lowest BCUT2D eigenvalue weighted by molar-refractivity contribution is 0.0935. The van der Waals surface area contributed by atoms with Crippen LogP contribution in [0.1, 0.15) is 30.6 Å². The van der Waals surface area contributed by atoms with Crippen molar-refractivity contribution in [2.45, 2.75) is 26.3 Å². The highest BCUT2D eigenvalue weighted by Crippen LogP contribution is 2.14. The molecule has 0 saturated carbocycles. The molecule has 1 aromatic rings. The second-order valence-corrected chi connectivity index (χ2v) is 3.84. The van der Waals surface area contributed by atoms with Gasteiger partial charge in [-0.3, -0.25) is 4.79 Å². The molecule has 0 spiro atoms. The van der Waals surface area contributed by atoms with Crippen LogP contribution < -0.4 is 5.32 Å². The number of halogens is 2. The van der Waals surface area contributed by atoms with Crippen molar-refractivity contribution < 1.29 is 9.18 Å². The summed E-state index contributed by atoms with van der Waals surface area (Å²) in [6.07, 6.45) is 0.806. The first kappa shape index (κ1) is 12.0. The molecule has 1 aromatic carbocycles. The van der Waals surface area contributed by atoms with Gasteiger partial charge in [0, 0.05) is 11.1 Å². The van der Waals surface area contributed by atoms with Crippen LogP contribution in [0.3, 0.4) is 0 Å². The van der Waals surface area contributed by atoms with Crippen LogP contribution in [0.2, 0.25) is 5.02 Å². The fraction of sp³-hybridized carbons (Fsp3) is 0.364. The standard InChI is InChI=1S/C11H13ClFNO/c1-3-7(2)14-11(15)9-5-4-8(12)6-10(9)13/h4-7H,3H2,1-2H3,(H,14,15). The van der Waals surface area contributed by atoms with Gasteiger partial charge in [0.05, 0.1) is 5.56 Å². The van der Waals surface area contributed by atoms with Gasteiger partial charge >= 0.3 is 0 Å². The Balaban J connectivity index is 2.82. The van der Waals surface area contributed by atoms with Crippen molar-refractivity contribution in [1.29, 1.82) is 0 Å². The fourth-order valence-corrected chi connectivity index (χ4v) is 1.24. The van der Waals surface area contributed by atoms with Crippen molar-refractivity contribution in [2.75, 3.05) is 0 Å². The largest absolute Gasteiger partial charge is 0.350 e. The smallest absolute Gasteiger partial charge is 0.254 e. The Morgan fingerprint density at radius 1 is 1.60 bits per heavy atom. The van der Waals surface area contributed by atoms with Crippen LogP contribution >= 0.6 is 11.6 Å². The second kappa shape index (κ2) is 5.12. The minimum atomic E-state index is -0.594. The molecule has 4 heteroatoms. The van der Waals surface area contributed by atoms with Crippen LogP contribution in [0, 0.1) is 5.82 Å². The molecule has 0 saturated heterocycles. The molecular weight excluding hydrogens is 217 g/mol. The monoisotopic (exact) mass is 229 g/mol. The third kappa shape index (κ3) is 3.20. The molecule has 82 valence electrons. The lowest BCUT2D eigenvalue weighted by Gasteiger charge is -2.11. The molecule has 1 amide bonds. The number of amides is 1. The normalized spacial score (nSPS) is 12.3. The summed E-state index contributed by atoms with van der Waals surface area (Å²) in [5, 5.41) is 2.97. The fourth-order valence-electron chi connectivity index (χ4n) is 1.08. The first-order valence-corrected chi connectivity index (χ1v) is 5.18. The highest BCUT2D eigenvalue weighted by atomic mass is 35.5. The van der Waals surface area contributed by atoms with Gasteiger partial charge in [0.1, 0.15) is 5.82 Å². The number of rotatable bonds is 3. The summed E-state index contributed by atoms with van der Waals surface area (Å²) in [4.78, 5) is 11.6. The van der Waals surface area contributed by atoms with Gasteiger partial charge in [-0.05, 0) is 31.5 Å². The van der Waals surface area contributed by atoms with E-state index in [4.69, 9.17) is 11.6 Å². The van der Waals surface area contributed by atoms with Crippen molar-refractivity contribution in [3.05, 3.63) is 34.6 Å². The highest BCUT2D eigenvalue weighted by Gasteiger charge is 2.13. The molecule has 0 bridgehead atoms. The van der Waals surface area contributed by atoms with E-state index >= 15 is 0 Å². The lowest BCUT2D eigenvalue weighted by atomic mass is 10.1. The summed E-state index contributed by atoms with van der Waals surface area (Å²) in [5.41, 5.74) is 0.0275. The van der Waals surface area contributed by atoms with Crippen molar-refractivity contribution in [3.63, 3.8) is 0 Å². The third-order valence-corrected chi connectivity index (χ3v) is 2.40. The first-order valence-electron chi connectivity index (χ1n) is 4.80. The minimum Gasteiger partial charge on any atom is -0.350 e. The predicted octanol–water partition coefficient (Wildman–Crippen LogP) is 3.01. The third-order valence-electron chi connectivity index (χ3n) is 2.17. The summed E-state index contributed by atoms with van der Waals surface area (Å²) < 4.78 is 13.3. The minimum absolute atomic E-state index is 0.0275. The van der Waals surface area contributed by atoms with Crippen LogP contribution in [0.25, 0.3) is 0 Å². The summed E-state index contributed by atoms with van der Waals surface area (Å²) in [6.45, 7) is 3.81. The average molecular weight is 230 g/mol. The van der Waals surface area contributed by atoms with Crippen molar-refractivity contribution in [1.82, 2.24) is 5.32 Å². The molecule has 1 atom stereocenters. The number of carbonyl (C=O) groups is 1. The van der Waals surface area contributed by atoms with Crippen LogP contribution in [0.4, 0.5) is 4.39 Å². The Labute approximate surface area is 93.4 Å². The molecule has 1 unspecified atom stereocenters. The Hall–Kier alpha value is -1.09. The molecule has 0 aliphatic carbocycles. The van der Waals surface area contributed by atoms with Crippen LogP contribution in [-0.4, -0.2) is 11.9 Å². The van der Waals surface area contributed by atoms with Gasteiger partial charge in [0.15, 0.2) is 0 Å². The van der Waals surface area contributed by atoms with E-state index in [1.54, 1.807) is 0 Å². The van der Waals surface area contributed by atoms with Crippen LogP contribution in [0.5, 0.6) is 0 Å². The summed E-state index contributed by atoms with van der Waals surface area (Å²) in [7, 11) is 0. The Bertz CT molecular complexity index is 368. The summed E-state index contributed by atoms with van der Waals surface area (Å²) in [6, 6.07) is 4.05. The maximum atomic E-state index is 13.3. The van der Waals surface area contributed by atoms with Gasteiger partial charge in [0.25, 0.3) is 5.91 Å². The first-order chi connectivity index (χ1) is 7.04. The molecule has 0 aliphatic rings. The zero-order valence-electron chi connectivity index (χ0n) is 8.68. The SMILES string of the molecule is CCC(C)NC(=O)c1ccc(Cl)cc1F. The van der Waals surface area contributed by atoms with Gasteiger partial charge in [-0.15, -0.1) is 0 Å². The Morgan fingerprint density at radius 2 is 2.27 bits per heavy atom. The topological polar surface area (TPSA) is 29.1 Å². The number of nitrogens with one attached hydrogen (secondary N) is 1. The van der Waals surface area contributed by atoms with E-state index in [-0.39, 0.29) is 16.6 Å². The van der Waals surface area contributed by atoms with E-state index in [9.17, 15) is 9.18 Å². The Kier molecular flexibility index (Phi) is 4.09. The quantitative estimate of drug-likeness (QED) is 0.848. The number of benzene rings is 1. The molecule has 1 N–H and O–H groups in total. The van der Waals surface area contributed by atoms with Gasteiger partial charge in [-0.25, -0.2) is 4.39 Å². The van der Waals surface area contributed by atoms with Gasteiger partial charge in [-0.2, -0.15) is 0 Å². The van der Waals surface area contributed by atoms with Gasteiger partial charge in [-0.1, -0.05) is 18.5 Å². The van der Waals surface area contributed by atoms with Gasteiger partial charge in [0.2, 0.25) is 0 Å². The van der Waals surface area contributed by atoms with Gasteiger partial charge < -0.3 is 5.32 Å².